The lowest BCUT2D eigenvalue weighted by molar-refractivity contribution is 0.224. The van der Waals surface area contributed by atoms with E-state index >= 15 is 0 Å². The van der Waals surface area contributed by atoms with Crippen molar-refractivity contribution in [2.24, 2.45) is 11.1 Å². The Morgan fingerprint density at radius 1 is 1.26 bits per heavy atom. The molecule has 0 spiro atoms. The molecule has 0 aromatic heterocycles. The largest absolute Gasteiger partial charge is 0.330 e. The monoisotopic (exact) mass is 259 g/mol. The van der Waals surface area contributed by atoms with E-state index in [-0.39, 0.29) is 0 Å². The Kier molecular flexibility index (Phi) is 4.67. The zero-order valence-electron chi connectivity index (χ0n) is 12.8. The Balaban J connectivity index is 2.07. The van der Waals surface area contributed by atoms with Gasteiger partial charge in [-0.15, -0.1) is 0 Å². The molecule has 1 fully saturated rings. The highest BCUT2D eigenvalue weighted by atomic mass is 14.5. The van der Waals surface area contributed by atoms with Gasteiger partial charge in [-0.3, -0.25) is 0 Å². The summed E-state index contributed by atoms with van der Waals surface area (Å²) in [4.78, 5) is 0. The molecule has 0 amide bonds. The third kappa shape index (κ3) is 3.82. The van der Waals surface area contributed by atoms with E-state index in [1.54, 1.807) is 5.56 Å². The molecule has 1 aliphatic carbocycles. The summed E-state index contributed by atoms with van der Waals surface area (Å²) in [5.41, 5.74) is 9.25. The molecule has 1 saturated carbocycles. The Morgan fingerprint density at radius 2 is 1.95 bits per heavy atom. The van der Waals surface area contributed by atoms with Crippen molar-refractivity contribution in [3.63, 3.8) is 0 Å². The summed E-state index contributed by atoms with van der Waals surface area (Å²) in [5.74, 6) is 1.36. The molecule has 106 valence electrons. The van der Waals surface area contributed by atoms with Crippen LogP contribution in [0.1, 0.15) is 75.8 Å². The predicted molar refractivity (Wildman–Crippen MR) is 83.5 cm³/mol. The van der Waals surface area contributed by atoms with Crippen LogP contribution in [-0.2, 0) is 0 Å². The quantitative estimate of drug-likeness (QED) is 0.824. The van der Waals surface area contributed by atoms with Gasteiger partial charge in [0.2, 0.25) is 0 Å². The van der Waals surface area contributed by atoms with Crippen molar-refractivity contribution >= 4 is 0 Å². The van der Waals surface area contributed by atoms with Crippen LogP contribution in [0.4, 0.5) is 0 Å². The molecule has 19 heavy (non-hydrogen) atoms. The van der Waals surface area contributed by atoms with E-state index in [0.717, 1.165) is 18.9 Å². The van der Waals surface area contributed by atoms with Crippen LogP contribution < -0.4 is 5.73 Å². The lowest BCUT2D eigenvalue weighted by Crippen LogP contribution is -2.20. The predicted octanol–water partition coefficient (Wildman–Crippen LogP) is 4.82. The van der Waals surface area contributed by atoms with Crippen molar-refractivity contribution in [2.45, 2.75) is 64.7 Å². The van der Waals surface area contributed by atoms with Gasteiger partial charge in [-0.1, -0.05) is 45.0 Å². The fraction of sp³-hybridized carbons (Fsp3) is 0.667. The van der Waals surface area contributed by atoms with Gasteiger partial charge in [-0.05, 0) is 67.0 Å². The van der Waals surface area contributed by atoms with E-state index in [4.69, 9.17) is 5.73 Å². The smallest absolute Gasteiger partial charge is 0.00715 e. The third-order valence-electron chi connectivity index (χ3n) is 4.89. The Labute approximate surface area is 118 Å². The van der Waals surface area contributed by atoms with Gasteiger partial charge in [0.25, 0.3) is 0 Å². The summed E-state index contributed by atoms with van der Waals surface area (Å²) in [5, 5.41) is 0. The molecule has 2 N–H and O–H groups in total. The van der Waals surface area contributed by atoms with Crippen LogP contribution in [0.25, 0.3) is 0 Å². The van der Waals surface area contributed by atoms with Gasteiger partial charge in [0, 0.05) is 0 Å². The maximum atomic E-state index is 5.68. The Morgan fingerprint density at radius 3 is 2.58 bits per heavy atom. The molecule has 1 nitrogen and oxygen atoms in total. The van der Waals surface area contributed by atoms with Crippen molar-refractivity contribution in [2.75, 3.05) is 6.54 Å². The van der Waals surface area contributed by atoms with Crippen molar-refractivity contribution in [3.05, 3.63) is 35.4 Å². The lowest BCUT2D eigenvalue weighted by atomic mass is 9.71. The minimum Gasteiger partial charge on any atom is -0.330 e. The first-order chi connectivity index (χ1) is 9.02. The van der Waals surface area contributed by atoms with Crippen LogP contribution in [0.15, 0.2) is 24.3 Å². The number of nitrogens with two attached hydrogens (primary N) is 1. The van der Waals surface area contributed by atoms with Crippen molar-refractivity contribution in [1.82, 2.24) is 0 Å². The number of rotatable bonds is 4. The number of hydrogen-bond donors (Lipinski definition) is 1. The minimum absolute atomic E-state index is 0.556. The highest BCUT2D eigenvalue weighted by Gasteiger charge is 2.27. The summed E-state index contributed by atoms with van der Waals surface area (Å²) in [6, 6.07) is 9.25. The second kappa shape index (κ2) is 6.09. The van der Waals surface area contributed by atoms with E-state index in [1.165, 1.54) is 31.2 Å². The molecule has 0 heterocycles. The highest BCUT2D eigenvalue weighted by molar-refractivity contribution is 5.29. The Hall–Kier alpha value is -0.820. The topological polar surface area (TPSA) is 26.0 Å². The van der Waals surface area contributed by atoms with Crippen LogP contribution in [0, 0.1) is 5.41 Å². The standard InChI is InChI=1S/C18H29N/c1-14(9-12-19)16-5-4-6-17(13-16)15-7-10-18(2,3)11-8-15/h4-6,13-15H,7-12,19H2,1-3H3. The molecule has 1 heteroatoms. The first-order valence-electron chi connectivity index (χ1n) is 7.82. The summed E-state index contributed by atoms with van der Waals surface area (Å²) in [6.07, 6.45) is 6.51. The summed E-state index contributed by atoms with van der Waals surface area (Å²) in [6.45, 7) is 7.88. The van der Waals surface area contributed by atoms with Gasteiger partial charge in [0.15, 0.2) is 0 Å². The second-order valence-electron chi connectivity index (χ2n) is 7.09. The van der Waals surface area contributed by atoms with Crippen molar-refractivity contribution < 1.29 is 0 Å². The van der Waals surface area contributed by atoms with Crippen LogP contribution >= 0.6 is 0 Å². The van der Waals surface area contributed by atoms with E-state index < -0.39 is 0 Å². The lowest BCUT2D eigenvalue weighted by Gasteiger charge is -2.34. The number of hydrogen-bond acceptors (Lipinski definition) is 1. The minimum atomic E-state index is 0.556. The second-order valence-corrected chi connectivity index (χ2v) is 7.09. The normalized spacial score (nSPS) is 21.3. The van der Waals surface area contributed by atoms with Gasteiger partial charge in [-0.2, -0.15) is 0 Å². The van der Waals surface area contributed by atoms with E-state index in [0.29, 0.717) is 11.3 Å². The van der Waals surface area contributed by atoms with Gasteiger partial charge in [0.1, 0.15) is 0 Å². The summed E-state index contributed by atoms with van der Waals surface area (Å²) < 4.78 is 0. The van der Waals surface area contributed by atoms with Crippen molar-refractivity contribution in [3.8, 4) is 0 Å². The summed E-state index contributed by atoms with van der Waals surface area (Å²) in [7, 11) is 0. The van der Waals surface area contributed by atoms with E-state index in [2.05, 4.69) is 45.0 Å². The van der Waals surface area contributed by atoms with Gasteiger partial charge in [-0.25, -0.2) is 0 Å². The molecule has 1 unspecified atom stereocenters. The molecule has 1 aromatic rings. The maximum Gasteiger partial charge on any atom is -0.00715 e. The first-order valence-corrected chi connectivity index (χ1v) is 7.82. The van der Waals surface area contributed by atoms with Crippen LogP contribution in [-0.4, -0.2) is 6.54 Å². The SMILES string of the molecule is CC(CCN)c1cccc(C2CCC(C)(C)CC2)c1. The van der Waals surface area contributed by atoms with Crippen LogP contribution in [0.2, 0.25) is 0 Å². The maximum absolute atomic E-state index is 5.68. The van der Waals surface area contributed by atoms with Gasteiger partial charge < -0.3 is 5.73 Å². The van der Waals surface area contributed by atoms with Gasteiger partial charge in [0.05, 0.1) is 0 Å². The molecular weight excluding hydrogens is 230 g/mol. The van der Waals surface area contributed by atoms with Crippen molar-refractivity contribution in [1.29, 1.82) is 0 Å². The fourth-order valence-electron chi connectivity index (χ4n) is 3.27. The molecule has 2 rings (SSSR count). The average molecular weight is 259 g/mol. The molecular formula is C18H29N. The van der Waals surface area contributed by atoms with Crippen LogP contribution in [0.5, 0.6) is 0 Å². The first kappa shape index (κ1) is 14.6. The van der Waals surface area contributed by atoms with Gasteiger partial charge >= 0.3 is 0 Å². The average Bonchev–Trinajstić information content (AvgIpc) is 2.39. The van der Waals surface area contributed by atoms with E-state index in [9.17, 15) is 0 Å². The molecule has 0 aliphatic heterocycles. The Bertz CT molecular complexity index is 398. The molecule has 1 atom stereocenters. The molecule has 1 aliphatic rings. The molecule has 0 radical (unpaired) electrons. The van der Waals surface area contributed by atoms with E-state index in [1.807, 2.05) is 0 Å². The van der Waals surface area contributed by atoms with Crippen LogP contribution in [0.3, 0.4) is 0 Å². The zero-order valence-corrected chi connectivity index (χ0v) is 12.8. The fourth-order valence-corrected chi connectivity index (χ4v) is 3.27. The molecule has 1 aromatic carbocycles. The molecule has 0 bridgehead atoms. The molecule has 0 saturated heterocycles. The zero-order chi connectivity index (χ0) is 13.9. The number of benzene rings is 1. The third-order valence-corrected chi connectivity index (χ3v) is 4.89. The summed E-state index contributed by atoms with van der Waals surface area (Å²) >= 11 is 0. The highest BCUT2D eigenvalue weighted by Crippen LogP contribution is 2.42.